The number of halogens is 2. The number of carbonyl (C=O) groups excluding carboxylic acids is 1. The van der Waals surface area contributed by atoms with E-state index in [0.717, 1.165) is 11.1 Å². The quantitative estimate of drug-likeness (QED) is 0.610. The van der Waals surface area contributed by atoms with E-state index < -0.39 is 5.60 Å². The van der Waals surface area contributed by atoms with Gasteiger partial charge in [-0.25, -0.2) is 4.39 Å². The maximum absolute atomic E-state index is 13.2. The summed E-state index contributed by atoms with van der Waals surface area (Å²) in [6, 6.07) is 13.0. The summed E-state index contributed by atoms with van der Waals surface area (Å²) in [7, 11) is 0. The summed E-state index contributed by atoms with van der Waals surface area (Å²) in [4.78, 5) is 14.8. The highest BCUT2D eigenvalue weighted by atomic mass is 35.5. The Morgan fingerprint density at radius 1 is 1.17 bits per heavy atom. The van der Waals surface area contributed by atoms with Crippen LogP contribution in [0.25, 0.3) is 11.3 Å². The minimum absolute atomic E-state index is 0.135. The summed E-state index contributed by atoms with van der Waals surface area (Å²) in [5, 5.41) is 4.75. The molecule has 0 aliphatic carbocycles. The molecule has 1 aliphatic heterocycles. The molecule has 3 aromatic rings. The van der Waals surface area contributed by atoms with Crippen molar-refractivity contribution < 1.29 is 18.4 Å². The number of benzene rings is 2. The molecule has 0 bridgehead atoms. The van der Waals surface area contributed by atoms with Crippen LogP contribution in [-0.2, 0) is 17.8 Å². The largest absolute Gasteiger partial charge is 0.478 e. The van der Waals surface area contributed by atoms with Gasteiger partial charge in [0, 0.05) is 22.7 Å². The number of fused-ring (bicyclic) bond motifs is 1. The first-order valence-electron chi connectivity index (χ1n) is 9.31. The molecule has 0 atom stereocenters. The molecule has 150 valence electrons. The molecule has 0 fully saturated rings. The SMILES string of the molecule is CC(C)(Oc1ccc(Cl)cc1)C(=O)N1CCc2c(noc2-c2ccc(F)cc2)C1. The standard InChI is InChI=1S/C22H20ClFN2O3/c1-22(2,28-17-9-5-15(23)6-10-17)21(27)26-12-11-18-19(13-26)25-29-20(18)14-3-7-16(24)8-4-14/h3-10H,11-13H2,1-2H3. The van der Waals surface area contributed by atoms with E-state index in [4.69, 9.17) is 20.9 Å². The smallest absolute Gasteiger partial charge is 0.266 e. The summed E-state index contributed by atoms with van der Waals surface area (Å²) in [5.74, 6) is 0.764. The lowest BCUT2D eigenvalue weighted by molar-refractivity contribution is -0.146. The zero-order chi connectivity index (χ0) is 20.6. The predicted octanol–water partition coefficient (Wildman–Crippen LogP) is 4.88. The Kier molecular flexibility index (Phi) is 5.04. The number of hydrogen-bond acceptors (Lipinski definition) is 4. The molecule has 5 nitrogen and oxygen atoms in total. The lowest BCUT2D eigenvalue weighted by atomic mass is 9.99. The van der Waals surface area contributed by atoms with Crippen LogP contribution in [-0.4, -0.2) is 28.1 Å². The predicted molar refractivity (Wildman–Crippen MR) is 107 cm³/mol. The van der Waals surface area contributed by atoms with Crippen LogP contribution < -0.4 is 4.74 Å². The number of amides is 1. The van der Waals surface area contributed by atoms with Crippen LogP contribution in [0.4, 0.5) is 4.39 Å². The Morgan fingerprint density at radius 2 is 1.86 bits per heavy atom. The third kappa shape index (κ3) is 3.98. The van der Waals surface area contributed by atoms with Crippen molar-refractivity contribution in [1.82, 2.24) is 10.1 Å². The second-order valence-corrected chi connectivity index (χ2v) is 7.92. The first-order chi connectivity index (χ1) is 13.8. The van der Waals surface area contributed by atoms with Gasteiger partial charge in [-0.1, -0.05) is 16.8 Å². The number of nitrogens with zero attached hydrogens (tertiary/aromatic N) is 2. The molecule has 1 amide bonds. The van der Waals surface area contributed by atoms with Gasteiger partial charge >= 0.3 is 0 Å². The fourth-order valence-electron chi connectivity index (χ4n) is 3.45. The Morgan fingerprint density at radius 3 is 2.55 bits per heavy atom. The van der Waals surface area contributed by atoms with E-state index in [1.54, 1.807) is 55.1 Å². The van der Waals surface area contributed by atoms with E-state index >= 15 is 0 Å². The van der Waals surface area contributed by atoms with Gasteiger partial charge in [-0.2, -0.15) is 0 Å². The first-order valence-corrected chi connectivity index (χ1v) is 9.68. The van der Waals surface area contributed by atoms with E-state index in [2.05, 4.69) is 5.16 Å². The van der Waals surface area contributed by atoms with Crippen LogP contribution in [0, 0.1) is 5.82 Å². The summed E-state index contributed by atoms with van der Waals surface area (Å²) in [6.45, 7) is 4.35. The van der Waals surface area contributed by atoms with E-state index in [-0.39, 0.29) is 11.7 Å². The van der Waals surface area contributed by atoms with Crippen LogP contribution in [0.15, 0.2) is 53.1 Å². The van der Waals surface area contributed by atoms with E-state index in [1.807, 2.05) is 0 Å². The van der Waals surface area contributed by atoms with Crippen molar-refractivity contribution in [2.75, 3.05) is 6.54 Å². The van der Waals surface area contributed by atoms with Gasteiger partial charge in [0.15, 0.2) is 11.4 Å². The summed E-state index contributed by atoms with van der Waals surface area (Å²) in [6.07, 6.45) is 0.605. The molecule has 29 heavy (non-hydrogen) atoms. The second kappa shape index (κ2) is 7.52. The van der Waals surface area contributed by atoms with E-state index in [0.29, 0.717) is 41.7 Å². The van der Waals surface area contributed by atoms with Crippen LogP contribution in [0.2, 0.25) is 5.02 Å². The lowest BCUT2D eigenvalue weighted by Gasteiger charge is -2.34. The molecule has 0 radical (unpaired) electrons. The second-order valence-electron chi connectivity index (χ2n) is 7.49. The Labute approximate surface area is 173 Å². The Bertz CT molecular complexity index is 1030. The Hall–Kier alpha value is -2.86. The fraction of sp³-hybridized carbons (Fsp3) is 0.273. The van der Waals surface area contributed by atoms with Gasteiger partial charge in [-0.3, -0.25) is 4.79 Å². The molecule has 0 N–H and O–H groups in total. The molecule has 7 heteroatoms. The van der Waals surface area contributed by atoms with Gasteiger partial charge in [0.25, 0.3) is 5.91 Å². The average Bonchev–Trinajstić information content (AvgIpc) is 3.13. The molecule has 0 unspecified atom stereocenters. The average molecular weight is 415 g/mol. The van der Waals surface area contributed by atoms with E-state index in [1.165, 1.54) is 12.1 Å². The molecule has 4 rings (SSSR count). The third-order valence-electron chi connectivity index (χ3n) is 4.94. The molecule has 0 saturated heterocycles. The number of aromatic nitrogens is 1. The first kappa shape index (κ1) is 19.5. The monoisotopic (exact) mass is 414 g/mol. The van der Waals surface area contributed by atoms with Crippen LogP contribution in [0.3, 0.4) is 0 Å². The van der Waals surface area contributed by atoms with Gasteiger partial charge < -0.3 is 14.2 Å². The van der Waals surface area contributed by atoms with Crippen LogP contribution >= 0.6 is 11.6 Å². The van der Waals surface area contributed by atoms with Crippen molar-refractivity contribution in [3.8, 4) is 17.1 Å². The lowest BCUT2D eigenvalue weighted by Crippen LogP contribution is -2.50. The zero-order valence-electron chi connectivity index (χ0n) is 16.1. The molecule has 1 aliphatic rings. The molecule has 1 aromatic heterocycles. The van der Waals surface area contributed by atoms with Crippen molar-refractivity contribution >= 4 is 17.5 Å². The van der Waals surface area contributed by atoms with Gasteiger partial charge in [-0.05, 0) is 68.8 Å². The minimum atomic E-state index is -1.05. The summed E-state index contributed by atoms with van der Waals surface area (Å²) >= 11 is 5.90. The van der Waals surface area contributed by atoms with Gasteiger partial charge in [0.2, 0.25) is 0 Å². The van der Waals surface area contributed by atoms with Gasteiger partial charge in [-0.15, -0.1) is 0 Å². The highest BCUT2D eigenvalue weighted by Gasteiger charge is 2.37. The van der Waals surface area contributed by atoms with Crippen LogP contribution in [0.5, 0.6) is 5.75 Å². The number of hydrogen-bond donors (Lipinski definition) is 0. The molecule has 2 aromatic carbocycles. The third-order valence-corrected chi connectivity index (χ3v) is 5.19. The highest BCUT2D eigenvalue weighted by Crippen LogP contribution is 2.31. The normalized spacial score (nSPS) is 13.9. The number of ether oxygens (including phenoxy) is 1. The maximum Gasteiger partial charge on any atom is 0.266 e. The molecular formula is C22H20ClFN2O3. The van der Waals surface area contributed by atoms with Gasteiger partial charge in [0.1, 0.15) is 17.3 Å². The van der Waals surface area contributed by atoms with Crippen molar-refractivity contribution in [2.45, 2.75) is 32.4 Å². The zero-order valence-corrected chi connectivity index (χ0v) is 16.9. The Balaban J connectivity index is 1.50. The molecule has 2 heterocycles. The van der Waals surface area contributed by atoms with Crippen molar-refractivity contribution in [2.24, 2.45) is 0 Å². The summed E-state index contributed by atoms with van der Waals surface area (Å²) < 4.78 is 24.6. The highest BCUT2D eigenvalue weighted by molar-refractivity contribution is 6.30. The van der Waals surface area contributed by atoms with Crippen LogP contribution in [0.1, 0.15) is 25.1 Å². The van der Waals surface area contributed by atoms with Crippen molar-refractivity contribution in [1.29, 1.82) is 0 Å². The van der Waals surface area contributed by atoms with E-state index in [9.17, 15) is 9.18 Å². The number of carbonyl (C=O) groups is 1. The molecule has 0 spiro atoms. The van der Waals surface area contributed by atoms with Crippen molar-refractivity contribution in [3.63, 3.8) is 0 Å². The maximum atomic E-state index is 13.2. The molecule has 0 saturated carbocycles. The van der Waals surface area contributed by atoms with Gasteiger partial charge in [0.05, 0.1) is 6.54 Å². The van der Waals surface area contributed by atoms with Crippen molar-refractivity contribution in [3.05, 3.63) is 70.6 Å². The minimum Gasteiger partial charge on any atom is -0.478 e. The topological polar surface area (TPSA) is 55.6 Å². The summed E-state index contributed by atoms with van der Waals surface area (Å²) in [5.41, 5.74) is 1.39. The number of rotatable bonds is 4. The fourth-order valence-corrected chi connectivity index (χ4v) is 3.58. The molecular weight excluding hydrogens is 395 g/mol.